The van der Waals surface area contributed by atoms with Crippen LogP contribution in [0, 0.1) is 11.3 Å². The summed E-state index contributed by atoms with van der Waals surface area (Å²) in [5, 5.41) is 24.4. The molecule has 0 saturated carbocycles. The molecule has 2 atom stereocenters. The van der Waals surface area contributed by atoms with Crippen LogP contribution in [0.3, 0.4) is 0 Å². The van der Waals surface area contributed by atoms with Crippen LogP contribution >= 0.6 is 11.6 Å². The maximum absolute atomic E-state index is 13.6. The second-order valence-corrected chi connectivity index (χ2v) is 10.6. The number of aromatic carboxylic acids is 1. The minimum atomic E-state index is -1.22. The molecule has 194 valence electrons. The first-order valence-corrected chi connectivity index (χ1v) is 12.2. The Morgan fingerprint density at radius 1 is 1.08 bits per heavy atom. The number of carbonyl (C=O) groups excluding carboxylic acids is 2. The molecule has 0 aliphatic carbocycles. The van der Waals surface area contributed by atoms with Crippen molar-refractivity contribution in [3.63, 3.8) is 0 Å². The van der Waals surface area contributed by atoms with E-state index in [2.05, 4.69) is 5.32 Å². The first-order chi connectivity index (χ1) is 16.8. The van der Waals surface area contributed by atoms with E-state index in [1.54, 1.807) is 29.2 Å². The van der Waals surface area contributed by atoms with E-state index in [1.165, 1.54) is 25.3 Å². The van der Waals surface area contributed by atoms with Gasteiger partial charge in [0.2, 0.25) is 5.91 Å². The average molecular weight is 517 g/mol. The van der Waals surface area contributed by atoms with E-state index in [4.69, 9.17) is 16.3 Å². The van der Waals surface area contributed by atoms with Crippen molar-refractivity contribution < 1.29 is 29.3 Å². The monoisotopic (exact) mass is 516 g/mol. The zero-order chi connectivity index (χ0) is 26.8. The van der Waals surface area contributed by atoms with Crippen LogP contribution in [0.1, 0.15) is 60.4 Å². The minimum absolute atomic E-state index is 0.0342. The van der Waals surface area contributed by atoms with Gasteiger partial charge in [-0.3, -0.25) is 9.59 Å². The molecule has 0 radical (unpaired) electrons. The number of ether oxygens (including phenoxy) is 1. The molecule has 0 spiro atoms. The van der Waals surface area contributed by atoms with Crippen molar-refractivity contribution >= 4 is 29.4 Å². The number of rotatable bonds is 7. The fraction of sp³-hybridized carbons (Fsp3) is 0.444. The van der Waals surface area contributed by atoms with Crippen molar-refractivity contribution in [2.45, 2.75) is 45.8 Å². The standard InChI is InChI=1S/C27H33ClN2O6/c1-16(2)21(29-23(31)19-7-6-8-20(25(33)34)22(19)36-5)24(32)30-14-13-27(35,26(3,4)15-30)17-9-11-18(28)12-10-17/h6-12,16,21,35H,13-15H2,1-5H3,(H,29,31)(H,33,34)/t21-,27+/m1/s1. The molecular formula is C27H33ClN2O6. The van der Waals surface area contributed by atoms with Gasteiger partial charge in [0.1, 0.15) is 17.4 Å². The van der Waals surface area contributed by atoms with Crippen LogP contribution < -0.4 is 10.1 Å². The number of carboxylic acids is 1. The molecule has 1 aliphatic heterocycles. The number of hydrogen-bond donors (Lipinski definition) is 3. The Kier molecular flexibility index (Phi) is 8.00. The molecular weight excluding hydrogens is 484 g/mol. The first kappa shape index (κ1) is 27.5. The summed E-state index contributed by atoms with van der Waals surface area (Å²) in [7, 11) is 1.29. The number of para-hydroxylation sites is 1. The third-order valence-electron chi connectivity index (χ3n) is 7.00. The number of carboxylic acid groups (broad SMARTS) is 1. The fourth-order valence-electron chi connectivity index (χ4n) is 4.80. The van der Waals surface area contributed by atoms with Gasteiger partial charge in [-0.2, -0.15) is 0 Å². The maximum atomic E-state index is 13.6. The van der Waals surface area contributed by atoms with Gasteiger partial charge in [-0.1, -0.05) is 57.5 Å². The van der Waals surface area contributed by atoms with E-state index in [1.807, 2.05) is 27.7 Å². The number of likely N-dealkylation sites (tertiary alicyclic amines) is 1. The number of benzene rings is 2. The minimum Gasteiger partial charge on any atom is -0.495 e. The van der Waals surface area contributed by atoms with Crippen molar-refractivity contribution in [3.8, 4) is 5.75 Å². The lowest BCUT2D eigenvalue weighted by molar-refractivity contribution is -0.155. The van der Waals surface area contributed by atoms with Crippen molar-refractivity contribution in [2.24, 2.45) is 11.3 Å². The molecule has 3 rings (SSSR count). The lowest BCUT2D eigenvalue weighted by Gasteiger charge is -2.51. The van der Waals surface area contributed by atoms with Crippen LogP contribution in [0.4, 0.5) is 0 Å². The summed E-state index contributed by atoms with van der Waals surface area (Å²) in [4.78, 5) is 39.9. The molecule has 0 bridgehead atoms. The molecule has 36 heavy (non-hydrogen) atoms. The van der Waals surface area contributed by atoms with Crippen molar-refractivity contribution in [3.05, 3.63) is 64.2 Å². The second kappa shape index (κ2) is 10.5. The molecule has 9 heteroatoms. The molecule has 0 aromatic heterocycles. The quantitative estimate of drug-likeness (QED) is 0.513. The van der Waals surface area contributed by atoms with Gasteiger partial charge >= 0.3 is 5.97 Å². The van der Waals surface area contributed by atoms with Gasteiger partial charge in [-0.15, -0.1) is 0 Å². The highest BCUT2D eigenvalue weighted by atomic mass is 35.5. The third kappa shape index (κ3) is 5.20. The first-order valence-electron chi connectivity index (χ1n) is 11.8. The zero-order valence-electron chi connectivity index (χ0n) is 21.2. The number of hydrogen-bond acceptors (Lipinski definition) is 5. The maximum Gasteiger partial charge on any atom is 0.339 e. The summed E-state index contributed by atoms with van der Waals surface area (Å²) in [6, 6.07) is 10.5. The van der Waals surface area contributed by atoms with Crippen LogP contribution in [0.2, 0.25) is 5.02 Å². The summed E-state index contributed by atoms with van der Waals surface area (Å²) in [6.45, 7) is 8.05. The molecule has 2 aromatic rings. The lowest BCUT2D eigenvalue weighted by Crippen LogP contribution is -2.60. The summed E-state index contributed by atoms with van der Waals surface area (Å²) >= 11 is 6.02. The van der Waals surface area contributed by atoms with E-state index in [9.17, 15) is 24.6 Å². The number of halogens is 1. The number of carbonyl (C=O) groups is 3. The topological polar surface area (TPSA) is 116 Å². The fourth-order valence-corrected chi connectivity index (χ4v) is 4.93. The van der Waals surface area contributed by atoms with E-state index >= 15 is 0 Å². The highest BCUT2D eigenvalue weighted by Crippen LogP contribution is 2.46. The Balaban J connectivity index is 1.82. The van der Waals surface area contributed by atoms with Gasteiger partial charge < -0.3 is 25.2 Å². The van der Waals surface area contributed by atoms with E-state index in [0.29, 0.717) is 18.0 Å². The summed E-state index contributed by atoms with van der Waals surface area (Å²) < 4.78 is 5.20. The number of nitrogens with zero attached hydrogens (tertiary/aromatic N) is 1. The zero-order valence-corrected chi connectivity index (χ0v) is 21.9. The van der Waals surface area contributed by atoms with Crippen molar-refractivity contribution in [1.29, 1.82) is 0 Å². The summed E-state index contributed by atoms with van der Waals surface area (Å²) in [5.74, 6) is -2.39. The smallest absolute Gasteiger partial charge is 0.339 e. The molecule has 0 unspecified atom stereocenters. The summed E-state index contributed by atoms with van der Waals surface area (Å²) in [5.41, 5.74) is -1.21. The van der Waals surface area contributed by atoms with Crippen LogP contribution in [-0.4, -0.2) is 59.1 Å². The Bertz CT molecular complexity index is 1150. The molecule has 8 nitrogen and oxygen atoms in total. The third-order valence-corrected chi connectivity index (χ3v) is 7.25. The van der Waals surface area contributed by atoms with Gasteiger partial charge in [0.15, 0.2) is 0 Å². The number of piperidine rings is 1. The SMILES string of the molecule is COc1c(C(=O)O)cccc1C(=O)N[C@@H](C(=O)N1CC[C@](O)(c2ccc(Cl)cc2)C(C)(C)C1)C(C)C. The van der Waals surface area contributed by atoms with Gasteiger partial charge in [0.05, 0.1) is 18.3 Å². The number of amides is 2. The van der Waals surface area contributed by atoms with Crippen LogP contribution in [-0.2, 0) is 10.4 Å². The van der Waals surface area contributed by atoms with Crippen LogP contribution in [0.25, 0.3) is 0 Å². The Morgan fingerprint density at radius 3 is 2.22 bits per heavy atom. The molecule has 3 N–H and O–H groups in total. The van der Waals surface area contributed by atoms with Gasteiger partial charge in [0.25, 0.3) is 5.91 Å². The molecule has 2 aromatic carbocycles. The predicted octanol–water partition coefficient (Wildman–Crippen LogP) is 3.95. The van der Waals surface area contributed by atoms with E-state index in [0.717, 1.165) is 5.56 Å². The van der Waals surface area contributed by atoms with Gasteiger partial charge in [-0.05, 0) is 42.2 Å². The van der Waals surface area contributed by atoms with Crippen LogP contribution in [0.15, 0.2) is 42.5 Å². The largest absolute Gasteiger partial charge is 0.495 e. The average Bonchev–Trinajstić information content (AvgIpc) is 2.83. The Labute approximate surface area is 216 Å². The number of methoxy groups -OCH3 is 1. The molecule has 1 fully saturated rings. The molecule has 1 heterocycles. The normalized spacial score (nSPS) is 20.1. The molecule has 1 aliphatic rings. The number of nitrogens with one attached hydrogen (secondary N) is 1. The highest BCUT2D eigenvalue weighted by molar-refractivity contribution is 6.30. The van der Waals surface area contributed by atoms with E-state index < -0.39 is 28.9 Å². The van der Waals surface area contributed by atoms with Gasteiger partial charge in [0, 0.05) is 23.5 Å². The highest BCUT2D eigenvalue weighted by Gasteiger charge is 2.50. The van der Waals surface area contributed by atoms with Gasteiger partial charge in [-0.25, -0.2) is 4.79 Å². The molecule has 2 amide bonds. The predicted molar refractivity (Wildman–Crippen MR) is 136 cm³/mol. The second-order valence-electron chi connectivity index (χ2n) is 10.1. The number of aliphatic hydroxyl groups is 1. The Hall–Kier alpha value is -3.10. The lowest BCUT2D eigenvalue weighted by atomic mass is 9.66. The van der Waals surface area contributed by atoms with Crippen molar-refractivity contribution in [2.75, 3.05) is 20.2 Å². The van der Waals surface area contributed by atoms with Crippen LogP contribution in [0.5, 0.6) is 5.75 Å². The van der Waals surface area contributed by atoms with Crippen molar-refractivity contribution in [1.82, 2.24) is 10.2 Å². The van der Waals surface area contributed by atoms with E-state index in [-0.39, 0.29) is 35.2 Å². The molecule has 1 saturated heterocycles. The Morgan fingerprint density at radius 2 is 1.69 bits per heavy atom. The summed E-state index contributed by atoms with van der Waals surface area (Å²) in [6.07, 6.45) is 0.320.